The van der Waals surface area contributed by atoms with Crippen molar-refractivity contribution in [3.05, 3.63) is 60.2 Å². The minimum atomic E-state index is -4.49. The maximum atomic E-state index is 14.9. The molecule has 0 amide bonds. The summed E-state index contributed by atoms with van der Waals surface area (Å²) in [4.78, 5) is 27.0. The Labute approximate surface area is 202 Å². The number of hydrogen-bond acceptors (Lipinski definition) is 6. The van der Waals surface area contributed by atoms with Crippen LogP contribution < -0.4 is 4.74 Å². The van der Waals surface area contributed by atoms with E-state index in [4.69, 9.17) is 9.47 Å². The number of halogens is 4. The number of imidazole rings is 1. The van der Waals surface area contributed by atoms with Crippen LogP contribution in [0, 0.1) is 11.7 Å². The molecule has 0 atom stereocenters. The molecule has 186 valence electrons. The van der Waals surface area contributed by atoms with Crippen molar-refractivity contribution >= 4 is 17.0 Å². The minimum Gasteiger partial charge on any atom is -0.466 e. The van der Waals surface area contributed by atoms with Gasteiger partial charge in [-0.25, -0.2) is 19.3 Å². The second-order valence-electron chi connectivity index (χ2n) is 8.42. The number of esters is 1. The first-order chi connectivity index (χ1) is 17.2. The lowest BCUT2D eigenvalue weighted by atomic mass is 9.82. The predicted octanol–water partition coefficient (Wildman–Crippen LogP) is 5.57. The molecule has 0 unspecified atom stereocenters. The van der Waals surface area contributed by atoms with Crippen LogP contribution >= 0.6 is 0 Å². The number of fused-ring (bicyclic) bond motifs is 1. The monoisotopic (exact) mass is 500 g/mol. The van der Waals surface area contributed by atoms with Crippen molar-refractivity contribution in [2.75, 3.05) is 6.61 Å². The summed E-state index contributed by atoms with van der Waals surface area (Å²) in [5, 5.41) is 0. The second-order valence-corrected chi connectivity index (χ2v) is 8.42. The fraction of sp³-hybridized carbons (Fsp3) is 0.280. The van der Waals surface area contributed by atoms with Crippen LogP contribution in [-0.4, -0.2) is 38.6 Å². The van der Waals surface area contributed by atoms with E-state index in [1.165, 1.54) is 30.6 Å². The van der Waals surface area contributed by atoms with Crippen LogP contribution in [0.15, 0.2) is 48.8 Å². The number of aromatic amines is 1. The molecule has 2 heterocycles. The molecule has 1 saturated carbocycles. The highest BCUT2D eigenvalue weighted by molar-refractivity contribution is 5.81. The predicted molar refractivity (Wildman–Crippen MR) is 121 cm³/mol. The van der Waals surface area contributed by atoms with Gasteiger partial charge in [-0.15, -0.1) is 0 Å². The van der Waals surface area contributed by atoms with Gasteiger partial charge in [0.1, 0.15) is 17.7 Å². The highest BCUT2D eigenvalue weighted by Crippen LogP contribution is 2.34. The van der Waals surface area contributed by atoms with Crippen molar-refractivity contribution in [3.8, 4) is 28.5 Å². The zero-order valence-corrected chi connectivity index (χ0v) is 19.0. The summed E-state index contributed by atoms with van der Waals surface area (Å²) < 4.78 is 64.5. The minimum absolute atomic E-state index is 0.0901. The molecule has 0 bridgehead atoms. The average molecular weight is 500 g/mol. The van der Waals surface area contributed by atoms with E-state index in [0.717, 1.165) is 12.1 Å². The fourth-order valence-corrected chi connectivity index (χ4v) is 3.99. The zero-order chi connectivity index (χ0) is 25.4. The number of rotatable bonds is 6. The molecule has 11 heteroatoms. The Morgan fingerprint density at radius 1 is 1.08 bits per heavy atom. The van der Waals surface area contributed by atoms with Gasteiger partial charge in [0, 0.05) is 18.0 Å². The normalized spacial score (nSPS) is 17.6. The maximum Gasteiger partial charge on any atom is 0.416 e. The van der Waals surface area contributed by atoms with E-state index in [-0.39, 0.29) is 40.9 Å². The third-order valence-electron chi connectivity index (χ3n) is 5.98. The van der Waals surface area contributed by atoms with Gasteiger partial charge in [0.25, 0.3) is 0 Å². The Balaban J connectivity index is 1.28. The number of H-pyrrole nitrogens is 1. The lowest BCUT2D eigenvalue weighted by Crippen LogP contribution is -2.39. The number of nitrogens with one attached hydrogen (secondary N) is 1. The summed E-state index contributed by atoms with van der Waals surface area (Å²) in [7, 11) is 0. The summed E-state index contributed by atoms with van der Waals surface area (Å²) in [5.74, 6) is -0.889. The van der Waals surface area contributed by atoms with Crippen molar-refractivity contribution in [2.24, 2.45) is 5.92 Å². The van der Waals surface area contributed by atoms with E-state index in [2.05, 4.69) is 19.9 Å². The highest BCUT2D eigenvalue weighted by atomic mass is 19.4. The van der Waals surface area contributed by atoms with Crippen LogP contribution in [-0.2, 0) is 15.7 Å². The summed E-state index contributed by atoms with van der Waals surface area (Å²) in [6, 6.07) is 7.69. The Morgan fingerprint density at radius 3 is 2.50 bits per heavy atom. The maximum absolute atomic E-state index is 14.9. The summed E-state index contributed by atoms with van der Waals surface area (Å²) in [6.07, 6.45) is -0.591. The van der Waals surface area contributed by atoms with Gasteiger partial charge in [-0.3, -0.25) is 4.79 Å². The molecule has 5 rings (SSSR count). The SMILES string of the molecule is CCOC(=O)C1CC(Oc2ncc(-c3ccc(-c4nc5cc(C(F)(F)F)ccc5[nH]4)c(F)c3)cn2)C1. The second kappa shape index (κ2) is 9.21. The molecule has 1 N–H and O–H groups in total. The molecular formula is C25H20F4N4O3. The molecular weight excluding hydrogens is 480 g/mol. The molecule has 0 aliphatic heterocycles. The van der Waals surface area contributed by atoms with Crippen molar-refractivity contribution in [2.45, 2.75) is 32.0 Å². The van der Waals surface area contributed by atoms with Crippen LogP contribution in [0.2, 0.25) is 0 Å². The van der Waals surface area contributed by atoms with Gasteiger partial charge in [-0.1, -0.05) is 6.07 Å². The molecule has 0 spiro atoms. The van der Waals surface area contributed by atoms with Crippen molar-refractivity contribution < 1.29 is 31.8 Å². The Kier molecular flexibility index (Phi) is 6.07. The quantitative estimate of drug-likeness (QED) is 0.275. The van der Waals surface area contributed by atoms with Crippen LogP contribution in [0.4, 0.5) is 17.6 Å². The average Bonchev–Trinajstić information content (AvgIpc) is 3.24. The van der Waals surface area contributed by atoms with Crippen LogP contribution in [0.25, 0.3) is 33.5 Å². The Bertz CT molecular complexity index is 1410. The zero-order valence-electron chi connectivity index (χ0n) is 19.0. The van der Waals surface area contributed by atoms with Gasteiger partial charge < -0.3 is 14.5 Å². The number of nitrogens with zero attached hydrogens (tertiary/aromatic N) is 3. The molecule has 1 fully saturated rings. The van der Waals surface area contributed by atoms with Gasteiger partial charge in [-0.05, 0) is 55.7 Å². The number of hydrogen-bond donors (Lipinski definition) is 1. The van der Waals surface area contributed by atoms with Crippen molar-refractivity contribution in [1.29, 1.82) is 0 Å². The van der Waals surface area contributed by atoms with E-state index in [1.54, 1.807) is 13.0 Å². The van der Waals surface area contributed by atoms with E-state index < -0.39 is 17.6 Å². The van der Waals surface area contributed by atoms with E-state index in [0.29, 0.717) is 36.1 Å². The smallest absolute Gasteiger partial charge is 0.416 e. The van der Waals surface area contributed by atoms with Gasteiger partial charge in [-0.2, -0.15) is 13.2 Å². The summed E-state index contributed by atoms with van der Waals surface area (Å²) in [5.41, 5.74) is 0.797. The van der Waals surface area contributed by atoms with Gasteiger partial charge in [0.05, 0.1) is 34.7 Å². The van der Waals surface area contributed by atoms with Crippen LogP contribution in [0.1, 0.15) is 25.3 Å². The number of carbonyl (C=O) groups excluding carboxylic acids is 1. The Hall–Kier alpha value is -4.02. The van der Waals surface area contributed by atoms with E-state index in [9.17, 15) is 22.4 Å². The first kappa shape index (κ1) is 23.7. The molecule has 0 saturated heterocycles. The molecule has 7 nitrogen and oxygen atoms in total. The fourth-order valence-electron chi connectivity index (χ4n) is 3.99. The Morgan fingerprint density at radius 2 is 1.83 bits per heavy atom. The first-order valence-electron chi connectivity index (χ1n) is 11.2. The lowest BCUT2D eigenvalue weighted by molar-refractivity contribution is -0.154. The number of alkyl halides is 3. The molecule has 4 aromatic rings. The van der Waals surface area contributed by atoms with E-state index >= 15 is 0 Å². The third kappa shape index (κ3) is 4.73. The van der Waals surface area contributed by atoms with Crippen LogP contribution in [0.3, 0.4) is 0 Å². The summed E-state index contributed by atoms with van der Waals surface area (Å²) >= 11 is 0. The van der Waals surface area contributed by atoms with Gasteiger partial charge in [0.2, 0.25) is 0 Å². The lowest BCUT2D eigenvalue weighted by Gasteiger charge is -2.32. The number of aromatic nitrogens is 4. The number of benzene rings is 2. The number of ether oxygens (including phenoxy) is 2. The highest BCUT2D eigenvalue weighted by Gasteiger charge is 2.37. The molecule has 2 aromatic carbocycles. The van der Waals surface area contributed by atoms with Gasteiger partial charge in [0.15, 0.2) is 0 Å². The van der Waals surface area contributed by atoms with Crippen LogP contribution in [0.5, 0.6) is 6.01 Å². The largest absolute Gasteiger partial charge is 0.466 e. The molecule has 36 heavy (non-hydrogen) atoms. The van der Waals surface area contributed by atoms with Gasteiger partial charge >= 0.3 is 18.2 Å². The molecule has 2 aromatic heterocycles. The first-order valence-corrected chi connectivity index (χ1v) is 11.2. The molecule has 1 aliphatic rings. The van der Waals surface area contributed by atoms with E-state index in [1.807, 2.05) is 0 Å². The summed E-state index contributed by atoms with van der Waals surface area (Å²) in [6.45, 7) is 2.10. The topological polar surface area (TPSA) is 90.0 Å². The standard InChI is InChI=1S/C25H20F4N4O3/c1-2-35-23(34)14-7-17(8-14)36-24-30-11-15(12-31-24)13-3-5-18(19(26)9-13)22-32-20-6-4-16(25(27,28)29)10-21(20)33-22/h3-6,9-12,14,17H,2,7-8H2,1H3,(H,32,33). The third-order valence-corrected chi connectivity index (χ3v) is 5.98. The molecule has 0 radical (unpaired) electrons. The van der Waals surface area contributed by atoms with Crippen molar-refractivity contribution in [3.63, 3.8) is 0 Å². The molecule has 1 aliphatic carbocycles. The number of carbonyl (C=O) groups is 1. The van der Waals surface area contributed by atoms with Crippen molar-refractivity contribution in [1.82, 2.24) is 19.9 Å².